The topological polar surface area (TPSA) is 243 Å². The molecule has 4 aromatic heterocycles. The molecule has 4 heterocycles. The van der Waals surface area contributed by atoms with Gasteiger partial charge in [0.1, 0.15) is 45.6 Å². The van der Waals surface area contributed by atoms with Crippen LogP contribution in [0.1, 0.15) is 96.7 Å². The Balaban J connectivity index is 1.36. The van der Waals surface area contributed by atoms with E-state index in [1.54, 1.807) is 0 Å². The quantitative estimate of drug-likeness (QED) is 0.0724. The van der Waals surface area contributed by atoms with Crippen LogP contribution in [0.2, 0.25) is 0 Å². The number of imide groups is 3. The van der Waals surface area contributed by atoms with Crippen molar-refractivity contribution in [2.45, 2.75) is 12.8 Å². The molecule has 0 fully saturated rings. The van der Waals surface area contributed by atoms with E-state index < -0.39 is 58.8 Å². The summed E-state index contributed by atoms with van der Waals surface area (Å²) in [5, 5.41) is 6.13. The van der Waals surface area contributed by atoms with Crippen molar-refractivity contribution in [2.24, 2.45) is 0 Å². The second-order valence-electron chi connectivity index (χ2n) is 10.3. The zero-order valence-corrected chi connectivity index (χ0v) is 28.8. The average molecular weight is 765 g/mol. The third-order valence-corrected chi connectivity index (χ3v) is 7.05. The Bertz CT molecular complexity index is 1930. The highest BCUT2D eigenvalue weighted by Crippen LogP contribution is 2.07. The molecule has 0 spiro atoms. The lowest BCUT2D eigenvalue weighted by atomic mass is 10.2. The van der Waals surface area contributed by atoms with Crippen LogP contribution in [-0.4, -0.2) is 92.3 Å². The van der Waals surface area contributed by atoms with Gasteiger partial charge in [-0.3, -0.25) is 44.7 Å². The Kier molecular flexibility index (Phi) is 14.3. The Morgan fingerprint density at radius 2 is 0.642 bits per heavy atom. The van der Waals surface area contributed by atoms with Crippen LogP contribution in [0, 0.1) is 0 Å². The third-order valence-electron chi connectivity index (χ3n) is 6.51. The zero-order valence-electron chi connectivity index (χ0n) is 27.3. The fourth-order valence-electron chi connectivity index (χ4n) is 4.01. The van der Waals surface area contributed by atoms with Crippen molar-refractivity contribution in [2.75, 3.05) is 25.0 Å². The maximum Gasteiger partial charge on any atom is 0.356 e. The number of amides is 6. The van der Waals surface area contributed by atoms with Crippen molar-refractivity contribution in [1.82, 2.24) is 35.9 Å². The van der Waals surface area contributed by atoms with Gasteiger partial charge < -0.3 is 9.47 Å². The van der Waals surface area contributed by atoms with Crippen molar-refractivity contribution >= 4 is 70.6 Å². The highest BCUT2D eigenvalue weighted by Gasteiger charge is 2.22. The Morgan fingerprint density at radius 3 is 0.887 bits per heavy atom. The van der Waals surface area contributed by atoms with Gasteiger partial charge in [-0.25, -0.2) is 29.5 Å². The van der Waals surface area contributed by atoms with Gasteiger partial charge in [0.15, 0.2) is 0 Å². The molecule has 0 radical (unpaired) electrons. The van der Waals surface area contributed by atoms with Crippen molar-refractivity contribution in [3.63, 3.8) is 0 Å². The maximum atomic E-state index is 12.9. The summed E-state index contributed by atoms with van der Waals surface area (Å²) in [4.78, 5) is 117. The number of alkyl halides is 2. The standard InChI is InChI=1S/C34H27Cl2N7O10/c35-15-5-17-52-33(50)25-13-3-11-23(39-25)31(48)42-29(46)21-9-1-7-19(37-21)27(44)41-28(45)20-8-2-10-22(38-20)30(47)43-32(49)24-12-4-14-26(40-24)34(51)53-18-6-16-36/h1-4,7-14H,5-6,15-18H2,(H,41,44,45)(H,42,46,48)(H,43,47,49). The minimum atomic E-state index is -1.06. The van der Waals surface area contributed by atoms with E-state index in [9.17, 15) is 38.4 Å². The number of pyridine rings is 4. The van der Waals surface area contributed by atoms with Crippen LogP contribution >= 0.6 is 23.2 Å². The second kappa shape index (κ2) is 19.2. The lowest BCUT2D eigenvalue weighted by molar-refractivity contribution is 0.0489. The fraction of sp³-hybridized carbons (Fsp3) is 0.176. The van der Waals surface area contributed by atoms with Crippen LogP contribution in [0.3, 0.4) is 0 Å². The van der Waals surface area contributed by atoms with Crippen LogP contribution in [0.15, 0.2) is 72.8 Å². The molecule has 272 valence electrons. The van der Waals surface area contributed by atoms with Gasteiger partial charge >= 0.3 is 11.9 Å². The maximum absolute atomic E-state index is 12.9. The van der Waals surface area contributed by atoms with Crippen LogP contribution in [0.5, 0.6) is 0 Å². The monoisotopic (exact) mass is 763 g/mol. The predicted octanol–water partition coefficient (Wildman–Crippen LogP) is 2.55. The Morgan fingerprint density at radius 1 is 0.415 bits per heavy atom. The molecule has 6 amide bonds. The fourth-order valence-corrected chi connectivity index (χ4v) is 4.22. The molecular formula is C34H27Cl2N7O10. The second-order valence-corrected chi connectivity index (χ2v) is 11.1. The summed E-state index contributed by atoms with van der Waals surface area (Å²) in [6.45, 7) is 0.103. The number of ether oxygens (including phenoxy) is 2. The lowest BCUT2D eigenvalue weighted by Gasteiger charge is -2.08. The van der Waals surface area contributed by atoms with Crippen LogP contribution in [0.25, 0.3) is 0 Å². The van der Waals surface area contributed by atoms with Crippen molar-refractivity contribution in [3.05, 3.63) is 118 Å². The minimum absolute atomic E-state index is 0.0514. The molecule has 0 aromatic carbocycles. The summed E-state index contributed by atoms with van der Waals surface area (Å²) in [6, 6.07) is 15.2. The first-order chi connectivity index (χ1) is 25.5. The van der Waals surface area contributed by atoms with E-state index in [2.05, 4.69) is 19.9 Å². The van der Waals surface area contributed by atoms with Crippen LogP contribution < -0.4 is 16.0 Å². The Labute approximate surface area is 309 Å². The van der Waals surface area contributed by atoms with E-state index in [0.29, 0.717) is 12.8 Å². The molecule has 19 heteroatoms. The minimum Gasteiger partial charge on any atom is -0.461 e. The number of halogens is 2. The molecule has 0 aliphatic rings. The van der Waals surface area contributed by atoms with Gasteiger partial charge in [0, 0.05) is 11.8 Å². The molecule has 0 aliphatic heterocycles. The molecule has 0 bridgehead atoms. The van der Waals surface area contributed by atoms with E-state index in [-0.39, 0.29) is 59.1 Å². The third kappa shape index (κ3) is 11.3. The molecule has 17 nitrogen and oxygen atoms in total. The smallest absolute Gasteiger partial charge is 0.356 e. The number of nitrogens with zero attached hydrogens (tertiary/aromatic N) is 4. The molecular weight excluding hydrogens is 737 g/mol. The molecule has 4 rings (SSSR count). The van der Waals surface area contributed by atoms with E-state index in [1.807, 2.05) is 16.0 Å². The first kappa shape index (κ1) is 39.3. The average Bonchev–Trinajstić information content (AvgIpc) is 3.18. The molecule has 53 heavy (non-hydrogen) atoms. The summed E-state index contributed by atoms with van der Waals surface area (Å²) in [5.41, 5.74) is -2.44. The first-order valence-electron chi connectivity index (χ1n) is 15.4. The normalized spacial score (nSPS) is 10.4. The van der Waals surface area contributed by atoms with E-state index in [1.165, 1.54) is 72.8 Å². The number of hydrogen-bond acceptors (Lipinski definition) is 14. The first-order valence-corrected chi connectivity index (χ1v) is 16.5. The SMILES string of the molecule is O=C(NC(=O)c1cccc(C(=O)NC(=O)c2cccc(C(=O)OCCCCl)n2)n1)c1cccc(C(=O)NC(=O)c2cccc(C(=O)OCCCCl)n2)n1. The van der Waals surface area contributed by atoms with Gasteiger partial charge in [0.05, 0.1) is 13.2 Å². The van der Waals surface area contributed by atoms with Crippen molar-refractivity contribution in [3.8, 4) is 0 Å². The van der Waals surface area contributed by atoms with Crippen LogP contribution in [0.4, 0.5) is 0 Å². The summed E-state index contributed by atoms with van der Waals surface area (Å²) in [5.74, 6) is -7.13. The highest BCUT2D eigenvalue weighted by molar-refractivity contribution is 6.18. The van der Waals surface area contributed by atoms with Gasteiger partial charge in [-0.15, -0.1) is 23.2 Å². The number of rotatable bonds is 14. The van der Waals surface area contributed by atoms with Gasteiger partial charge in [-0.05, 0) is 61.4 Å². The highest BCUT2D eigenvalue weighted by atomic mass is 35.5. The van der Waals surface area contributed by atoms with Crippen LogP contribution in [-0.2, 0) is 9.47 Å². The van der Waals surface area contributed by atoms with E-state index in [4.69, 9.17) is 32.7 Å². The lowest BCUT2D eigenvalue weighted by Crippen LogP contribution is -2.35. The van der Waals surface area contributed by atoms with Gasteiger partial charge in [0.2, 0.25) is 0 Å². The number of nitrogens with one attached hydrogen (secondary N) is 3. The Hall–Kier alpha value is -6.46. The molecule has 0 atom stereocenters. The number of carbonyl (C=O) groups is 8. The molecule has 4 aromatic rings. The molecule has 0 unspecified atom stereocenters. The number of esters is 2. The van der Waals surface area contributed by atoms with Gasteiger partial charge in [-0.2, -0.15) is 0 Å². The number of hydrogen-bond donors (Lipinski definition) is 3. The summed E-state index contributed by atoms with van der Waals surface area (Å²) >= 11 is 11.1. The summed E-state index contributed by atoms with van der Waals surface area (Å²) in [7, 11) is 0. The van der Waals surface area contributed by atoms with E-state index >= 15 is 0 Å². The number of carbonyl (C=O) groups excluding carboxylic acids is 8. The molecule has 3 N–H and O–H groups in total. The zero-order chi connectivity index (χ0) is 38.3. The summed E-state index contributed by atoms with van der Waals surface area (Å²) < 4.78 is 10.0. The van der Waals surface area contributed by atoms with Gasteiger partial charge in [-0.1, -0.05) is 24.3 Å². The van der Waals surface area contributed by atoms with Gasteiger partial charge in [0.25, 0.3) is 35.4 Å². The summed E-state index contributed by atoms with van der Waals surface area (Å²) in [6.07, 6.45) is 0.836. The van der Waals surface area contributed by atoms with Crippen molar-refractivity contribution < 1.29 is 47.8 Å². The molecule has 0 saturated carbocycles. The van der Waals surface area contributed by atoms with Crippen molar-refractivity contribution in [1.29, 1.82) is 0 Å². The number of aromatic nitrogens is 4. The molecule has 0 saturated heterocycles. The molecule has 0 aliphatic carbocycles. The van der Waals surface area contributed by atoms with E-state index in [0.717, 1.165) is 0 Å². The largest absolute Gasteiger partial charge is 0.461 e. The predicted molar refractivity (Wildman–Crippen MR) is 184 cm³/mol.